The van der Waals surface area contributed by atoms with Crippen LogP contribution in [0, 0.1) is 34.5 Å². The lowest BCUT2D eigenvalue weighted by atomic mass is 9.35. The van der Waals surface area contributed by atoms with Crippen LogP contribution in [0.15, 0.2) is 23.3 Å². The molecule has 0 heterocycles. The summed E-state index contributed by atoms with van der Waals surface area (Å²) in [6.07, 6.45) is 3.90. The Kier molecular flexibility index (Phi) is 6.29. The number of aromatic hydroxyl groups is 1. The van der Waals surface area contributed by atoms with Gasteiger partial charge in [0.2, 0.25) is 5.78 Å². The zero-order chi connectivity index (χ0) is 29.9. The van der Waals surface area contributed by atoms with Gasteiger partial charge in [-0.05, 0) is 66.8 Å². The van der Waals surface area contributed by atoms with E-state index in [1.54, 1.807) is 13.8 Å². The molecule has 2 N–H and O–H groups in total. The molecule has 2 fully saturated rings. The summed E-state index contributed by atoms with van der Waals surface area (Å²) in [4.78, 5) is 56.1. The van der Waals surface area contributed by atoms with Crippen molar-refractivity contribution in [2.45, 2.75) is 105 Å². The fourth-order valence-corrected chi connectivity index (χ4v) is 10.1. The van der Waals surface area contributed by atoms with Crippen LogP contribution in [0.1, 0.15) is 115 Å². The predicted molar refractivity (Wildman–Crippen MR) is 152 cm³/mol. The standard InChI is InChI=1S/C34H44O6/c1-16(2)25-17(3)23(19(5)35)29(38)34(40)30(39)26-28(37)24-21(18(4)32(26,8)20(6)33(25,34)9)12-13-22(27(24)36)31(7)14-10-11-15-31/h12-13,16,18,20,25-26,36,40H,10-11,14-15H2,1-9H3/t18-,20-,25+,26?,32-,33-,34+/m0/s1. The number of benzene rings is 1. The molecule has 0 amide bonds. The topological polar surface area (TPSA) is 109 Å². The van der Waals surface area contributed by atoms with Crippen LogP contribution in [0.4, 0.5) is 0 Å². The summed E-state index contributed by atoms with van der Waals surface area (Å²) in [6, 6.07) is 3.90. The van der Waals surface area contributed by atoms with Gasteiger partial charge in [0.25, 0.3) is 0 Å². The molecule has 0 aromatic heterocycles. The van der Waals surface area contributed by atoms with Crippen molar-refractivity contribution in [2.75, 3.05) is 0 Å². The molecule has 4 aliphatic carbocycles. The first-order valence-electron chi connectivity index (χ1n) is 14.9. The average Bonchev–Trinajstić information content (AvgIpc) is 3.31. The quantitative estimate of drug-likeness (QED) is 0.362. The van der Waals surface area contributed by atoms with Crippen LogP contribution >= 0.6 is 0 Å². The molecule has 2 saturated carbocycles. The highest BCUT2D eigenvalue weighted by atomic mass is 16.3. The first-order chi connectivity index (χ1) is 18.4. The average molecular weight is 549 g/mol. The second-order valence-electron chi connectivity index (χ2n) is 14.3. The molecule has 6 nitrogen and oxygen atoms in total. The normalized spacial score (nSPS) is 38.8. The van der Waals surface area contributed by atoms with Gasteiger partial charge in [-0.15, -0.1) is 0 Å². The highest BCUT2D eigenvalue weighted by Gasteiger charge is 2.77. The largest absolute Gasteiger partial charge is 0.507 e. The maximum absolute atomic E-state index is 14.7. The van der Waals surface area contributed by atoms with Crippen LogP contribution < -0.4 is 0 Å². The molecule has 0 saturated heterocycles. The maximum Gasteiger partial charge on any atom is 0.206 e. The Morgan fingerprint density at radius 3 is 2.12 bits per heavy atom. The molecule has 4 aliphatic rings. The van der Waals surface area contributed by atoms with E-state index in [1.807, 2.05) is 46.8 Å². The van der Waals surface area contributed by atoms with Crippen molar-refractivity contribution < 1.29 is 29.4 Å². The minimum Gasteiger partial charge on any atom is -0.507 e. The number of fused-ring (bicyclic) bond motifs is 3. The van der Waals surface area contributed by atoms with E-state index < -0.39 is 57.3 Å². The maximum atomic E-state index is 14.7. The fraction of sp³-hybridized carbons (Fsp3) is 0.647. The van der Waals surface area contributed by atoms with E-state index in [1.165, 1.54) is 6.92 Å². The van der Waals surface area contributed by atoms with E-state index in [-0.39, 0.29) is 34.1 Å². The van der Waals surface area contributed by atoms with Crippen molar-refractivity contribution in [2.24, 2.45) is 34.5 Å². The van der Waals surface area contributed by atoms with Crippen LogP contribution in [0.25, 0.3) is 0 Å². The van der Waals surface area contributed by atoms with Gasteiger partial charge in [0.1, 0.15) is 5.75 Å². The zero-order valence-electron chi connectivity index (χ0n) is 25.4. The molecule has 1 aromatic rings. The van der Waals surface area contributed by atoms with E-state index in [4.69, 9.17) is 0 Å². The lowest BCUT2D eigenvalue weighted by Crippen LogP contribution is -2.77. The molecule has 1 unspecified atom stereocenters. The minimum absolute atomic E-state index is 0.0724. The third-order valence-corrected chi connectivity index (χ3v) is 12.4. The van der Waals surface area contributed by atoms with Crippen molar-refractivity contribution in [3.05, 3.63) is 40.0 Å². The molecular weight excluding hydrogens is 504 g/mol. The molecule has 0 aliphatic heterocycles. The number of hydrogen-bond acceptors (Lipinski definition) is 6. The van der Waals surface area contributed by atoms with Gasteiger partial charge in [0.15, 0.2) is 23.0 Å². The van der Waals surface area contributed by atoms with Crippen molar-refractivity contribution in [3.8, 4) is 5.75 Å². The molecule has 6 heteroatoms. The first-order valence-corrected chi connectivity index (χ1v) is 14.9. The van der Waals surface area contributed by atoms with Gasteiger partial charge < -0.3 is 10.2 Å². The summed E-state index contributed by atoms with van der Waals surface area (Å²) >= 11 is 0. The van der Waals surface area contributed by atoms with Gasteiger partial charge in [-0.1, -0.05) is 79.0 Å². The lowest BCUT2D eigenvalue weighted by molar-refractivity contribution is -0.211. The summed E-state index contributed by atoms with van der Waals surface area (Å²) in [5.74, 6) is -5.46. The monoisotopic (exact) mass is 548 g/mol. The highest BCUT2D eigenvalue weighted by molar-refractivity contribution is 6.33. The summed E-state index contributed by atoms with van der Waals surface area (Å²) in [5.41, 5.74) is -2.93. The number of rotatable bonds is 3. The Labute approximate surface area is 237 Å². The van der Waals surface area contributed by atoms with Crippen LogP contribution in [0.5, 0.6) is 5.75 Å². The molecule has 1 aromatic carbocycles. The molecule has 216 valence electrons. The van der Waals surface area contributed by atoms with Gasteiger partial charge in [0.05, 0.1) is 17.1 Å². The molecule has 0 bridgehead atoms. The summed E-state index contributed by atoms with van der Waals surface area (Å²) in [6.45, 7) is 16.8. The molecule has 40 heavy (non-hydrogen) atoms. The van der Waals surface area contributed by atoms with Gasteiger partial charge in [-0.25, -0.2) is 0 Å². The van der Waals surface area contributed by atoms with Gasteiger partial charge >= 0.3 is 0 Å². The van der Waals surface area contributed by atoms with E-state index in [0.29, 0.717) is 11.1 Å². The third-order valence-electron chi connectivity index (χ3n) is 12.4. The van der Waals surface area contributed by atoms with Crippen molar-refractivity contribution in [3.63, 3.8) is 0 Å². The Bertz CT molecular complexity index is 1390. The minimum atomic E-state index is -2.54. The highest BCUT2D eigenvalue weighted by Crippen LogP contribution is 2.70. The van der Waals surface area contributed by atoms with Crippen LogP contribution in [0.2, 0.25) is 0 Å². The summed E-state index contributed by atoms with van der Waals surface area (Å²) < 4.78 is 0. The van der Waals surface area contributed by atoms with E-state index in [2.05, 4.69) is 6.92 Å². The number of carbonyl (C=O) groups excluding carboxylic acids is 4. The lowest BCUT2D eigenvalue weighted by Gasteiger charge is -2.66. The Hall–Kier alpha value is -2.60. The van der Waals surface area contributed by atoms with Crippen LogP contribution in [-0.4, -0.2) is 38.9 Å². The van der Waals surface area contributed by atoms with E-state index >= 15 is 0 Å². The number of hydrogen-bond donors (Lipinski definition) is 2. The smallest absolute Gasteiger partial charge is 0.206 e. The summed E-state index contributed by atoms with van der Waals surface area (Å²) in [7, 11) is 0. The second-order valence-corrected chi connectivity index (χ2v) is 14.3. The molecule has 5 rings (SSSR count). The predicted octanol–water partition coefficient (Wildman–Crippen LogP) is 5.86. The van der Waals surface area contributed by atoms with Crippen molar-refractivity contribution in [1.29, 1.82) is 0 Å². The zero-order valence-corrected chi connectivity index (χ0v) is 25.4. The first kappa shape index (κ1) is 28.9. The number of phenols is 1. The molecule has 0 radical (unpaired) electrons. The molecule has 7 atom stereocenters. The second kappa shape index (κ2) is 8.70. The Morgan fingerprint density at radius 2 is 1.60 bits per heavy atom. The van der Waals surface area contributed by atoms with Crippen LogP contribution in [-0.2, 0) is 19.8 Å². The number of ketones is 4. The van der Waals surface area contributed by atoms with Gasteiger partial charge in [-0.2, -0.15) is 0 Å². The van der Waals surface area contributed by atoms with Gasteiger partial charge in [0, 0.05) is 11.0 Å². The van der Waals surface area contributed by atoms with Gasteiger partial charge in [-0.3, -0.25) is 19.2 Å². The number of allylic oxidation sites excluding steroid dienone is 1. The Balaban J connectivity index is 1.79. The Morgan fingerprint density at radius 1 is 1.02 bits per heavy atom. The number of Topliss-reactive ketones (excluding diaryl/α,β-unsaturated/α-hetero) is 4. The number of carbonyl (C=O) groups is 4. The molecule has 0 spiro atoms. The van der Waals surface area contributed by atoms with E-state index in [0.717, 1.165) is 31.2 Å². The van der Waals surface area contributed by atoms with Crippen LogP contribution in [0.3, 0.4) is 0 Å². The SMILES string of the molecule is CC(=O)C1=C(C)[C@@H](C(C)C)[C@]2(C)[C@@H](C)[C@@]3(C)C(C(=O)c4c(ccc(C5(C)CCCC5)c4O)[C@@H]3C)C(=O)[C@]2(O)C1=O. The third kappa shape index (κ3) is 3.09. The summed E-state index contributed by atoms with van der Waals surface area (Å²) in [5, 5.41) is 24.1. The fourth-order valence-electron chi connectivity index (χ4n) is 10.1. The molecular formula is C34H44O6. The number of phenolic OH excluding ortho intramolecular Hbond substituents is 1. The number of aliphatic hydroxyl groups is 1. The van der Waals surface area contributed by atoms with Crippen molar-refractivity contribution in [1.82, 2.24) is 0 Å². The van der Waals surface area contributed by atoms with Crippen molar-refractivity contribution >= 4 is 23.1 Å². The van der Waals surface area contributed by atoms with E-state index in [9.17, 15) is 29.4 Å².